The SMILES string of the molecule is CCNC(C)c1ccc(OCCSC(F)(F)F)c(OC)c1. The lowest BCUT2D eigenvalue weighted by Crippen LogP contribution is -2.17. The highest BCUT2D eigenvalue weighted by molar-refractivity contribution is 8.00. The number of thioether (sulfide) groups is 1. The number of halogens is 3. The number of alkyl halides is 3. The fraction of sp³-hybridized carbons (Fsp3) is 0.571. The molecule has 0 aliphatic carbocycles. The van der Waals surface area contributed by atoms with E-state index in [1.54, 1.807) is 6.07 Å². The highest BCUT2D eigenvalue weighted by atomic mass is 32.2. The molecule has 0 aliphatic heterocycles. The lowest BCUT2D eigenvalue weighted by Gasteiger charge is -2.16. The maximum Gasteiger partial charge on any atom is 0.441 e. The number of rotatable bonds is 8. The Morgan fingerprint density at radius 1 is 1.29 bits per heavy atom. The van der Waals surface area contributed by atoms with Crippen LogP contribution in [-0.4, -0.2) is 31.5 Å². The van der Waals surface area contributed by atoms with Crippen LogP contribution in [0.1, 0.15) is 25.5 Å². The van der Waals surface area contributed by atoms with Gasteiger partial charge in [-0.25, -0.2) is 0 Å². The predicted molar refractivity (Wildman–Crippen MR) is 79.1 cm³/mol. The van der Waals surface area contributed by atoms with Crippen molar-refractivity contribution in [2.24, 2.45) is 0 Å². The van der Waals surface area contributed by atoms with Crippen LogP contribution in [0.25, 0.3) is 0 Å². The first-order chi connectivity index (χ1) is 9.87. The highest BCUT2D eigenvalue weighted by Gasteiger charge is 2.27. The number of hydrogen-bond donors (Lipinski definition) is 1. The number of hydrogen-bond acceptors (Lipinski definition) is 4. The van der Waals surface area contributed by atoms with Crippen LogP contribution in [0, 0.1) is 0 Å². The summed E-state index contributed by atoms with van der Waals surface area (Å²) in [7, 11) is 1.51. The van der Waals surface area contributed by atoms with Gasteiger partial charge in [0.1, 0.15) is 0 Å². The summed E-state index contributed by atoms with van der Waals surface area (Å²) in [5, 5.41) is 3.28. The Hall–Kier alpha value is -1.08. The molecule has 1 rings (SSSR count). The molecule has 1 aromatic rings. The first-order valence-electron chi connectivity index (χ1n) is 6.62. The van der Waals surface area contributed by atoms with E-state index in [0.29, 0.717) is 11.5 Å². The molecule has 0 saturated carbocycles. The maximum absolute atomic E-state index is 12.0. The molecule has 0 fully saturated rings. The molecule has 1 atom stereocenters. The Morgan fingerprint density at radius 3 is 2.57 bits per heavy atom. The van der Waals surface area contributed by atoms with Crippen molar-refractivity contribution >= 4 is 11.8 Å². The summed E-state index contributed by atoms with van der Waals surface area (Å²) in [4.78, 5) is 0. The third-order valence-electron chi connectivity index (χ3n) is 2.80. The fourth-order valence-electron chi connectivity index (χ4n) is 1.81. The summed E-state index contributed by atoms with van der Waals surface area (Å²) in [6.45, 7) is 4.86. The van der Waals surface area contributed by atoms with Gasteiger partial charge in [-0.3, -0.25) is 0 Å². The van der Waals surface area contributed by atoms with Gasteiger partial charge in [-0.2, -0.15) is 13.2 Å². The summed E-state index contributed by atoms with van der Waals surface area (Å²) in [6.07, 6.45) is 0. The van der Waals surface area contributed by atoms with E-state index in [9.17, 15) is 13.2 Å². The largest absolute Gasteiger partial charge is 0.493 e. The lowest BCUT2D eigenvalue weighted by atomic mass is 10.1. The Bertz CT molecular complexity index is 441. The molecule has 3 nitrogen and oxygen atoms in total. The lowest BCUT2D eigenvalue weighted by molar-refractivity contribution is -0.0329. The van der Waals surface area contributed by atoms with E-state index in [-0.39, 0.29) is 30.2 Å². The van der Waals surface area contributed by atoms with E-state index in [4.69, 9.17) is 9.47 Å². The van der Waals surface area contributed by atoms with Crippen molar-refractivity contribution in [2.45, 2.75) is 25.4 Å². The second-order valence-electron chi connectivity index (χ2n) is 4.33. The average Bonchev–Trinajstić information content (AvgIpc) is 2.42. The summed E-state index contributed by atoms with van der Waals surface area (Å²) >= 11 is -0.0949. The molecule has 0 saturated heterocycles. The van der Waals surface area contributed by atoms with E-state index in [0.717, 1.165) is 12.1 Å². The minimum Gasteiger partial charge on any atom is -0.493 e. The molecule has 1 N–H and O–H groups in total. The zero-order chi connectivity index (χ0) is 15.9. The zero-order valence-corrected chi connectivity index (χ0v) is 13.1. The van der Waals surface area contributed by atoms with Crippen molar-refractivity contribution < 1.29 is 22.6 Å². The minimum absolute atomic E-state index is 0.0252. The van der Waals surface area contributed by atoms with Gasteiger partial charge in [-0.1, -0.05) is 13.0 Å². The van der Waals surface area contributed by atoms with Crippen molar-refractivity contribution in [3.05, 3.63) is 23.8 Å². The molecular weight excluding hydrogens is 303 g/mol. The zero-order valence-electron chi connectivity index (χ0n) is 12.3. The van der Waals surface area contributed by atoms with Crippen LogP contribution in [0.15, 0.2) is 18.2 Å². The van der Waals surface area contributed by atoms with Gasteiger partial charge < -0.3 is 14.8 Å². The molecule has 1 unspecified atom stereocenters. The predicted octanol–water partition coefficient (Wildman–Crippen LogP) is 4.00. The van der Waals surface area contributed by atoms with Crippen molar-refractivity contribution in [3.63, 3.8) is 0 Å². The highest BCUT2D eigenvalue weighted by Crippen LogP contribution is 2.32. The first kappa shape index (κ1) is 18.0. The van der Waals surface area contributed by atoms with E-state index in [1.165, 1.54) is 7.11 Å². The Morgan fingerprint density at radius 2 is 2.00 bits per heavy atom. The molecular formula is C14H20F3NO2S. The van der Waals surface area contributed by atoms with E-state index >= 15 is 0 Å². The molecule has 0 amide bonds. The summed E-state index contributed by atoms with van der Waals surface area (Å²) in [6, 6.07) is 5.60. The maximum atomic E-state index is 12.0. The average molecular weight is 323 g/mol. The normalized spacial score (nSPS) is 13.0. The van der Waals surface area contributed by atoms with Crippen LogP contribution in [0.2, 0.25) is 0 Å². The van der Waals surface area contributed by atoms with Gasteiger partial charge in [0.2, 0.25) is 0 Å². The molecule has 0 heterocycles. The smallest absolute Gasteiger partial charge is 0.441 e. The van der Waals surface area contributed by atoms with Crippen molar-refractivity contribution in [2.75, 3.05) is 26.0 Å². The van der Waals surface area contributed by atoms with Crippen LogP contribution >= 0.6 is 11.8 Å². The molecule has 0 bridgehead atoms. The van der Waals surface area contributed by atoms with Crippen LogP contribution in [0.4, 0.5) is 13.2 Å². The second-order valence-corrected chi connectivity index (χ2v) is 5.49. The Labute approximate surface area is 127 Å². The minimum atomic E-state index is -4.22. The van der Waals surface area contributed by atoms with Gasteiger partial charge in [-0.05, 0) is 42.9 Å². The second kappa shape index (κ2) is 8.38. The van der Waals surface area contributed by atoms with E-state index < -0.39 is 5.51 Å². The van der Waals surface area contributed by atoms with Crippen LogP contribution in [-0.2, 0) is 0 Å². The van der Waals surface area contributed by atoms with Crippen LogP contribution in [0.3, 0.4) is 0 Å². The monoisotopic (exact) mass is 323 g/mol. The number of ether oxygens (including phenoxy) is 2. The fourth-order valence-corrected chi connectivity index (χ4v) is 2.20. The van der Waals surface area contributed by atoms with Crippen molar-refractivity contribution in [1.29, 1.82) is 0 Å². The Balaban J connectivity index is 2.62. The van der Waals surface area contributed by atoms with Gasteiger partial charge >= 0.3 is 5.51 Å². The van der Waals surface area contributed by atoms with Gasteiger partial charge in [-0.15, -0.1) is 0 Å². The number of methoxy groups -OCH3 is 1. The standard InChI is InChI=1S/C14H20F3NO2S/c1-4-18-10(2)11-5-6-12(13(9-11)19-3)20-7-8-21-14(15,16)17/h5-6,9-10,18H,4,7-8H2,1-3H3. The quantitative estimate of drug-likeness (QED) is 0.733. The van der Waals surface area contributed by atoms with Crippen LogP contribution in [0.5, 0.6) is 11.5 Å². The first-order valence-corrected chi connectivity index (χ1v) is 7.60. The van der Waals surface area contributed by atoms with Gasteiger partial charge in [0.25, 0.3) is 0 Å². The molecule has 21 heavy (non-hydrogen) atoms. The third-order valence-corrected chi connectivity index (χ3v) is 3.50. The Kier molecular flexibility index (Phi) is 7.17. The molecule has 0 radical (unpaired) electrons. The van der Waals surface area contributed by atoms with Crippen molar-refractivity contribution in [3.8, 4) is 11.5 Å². The van der Waals surface area contributed by atoms with Crippen molar-refractivity contribution in [1.82, 2.24) is 5.32 Å². The molecule has 120 valence electrons. The van der Waals surface area contributed by atoms with E-state index in [2.05, 4.69) is 5.32 Å². The third kappa shape index (κ3) is 6.48. The van der Waals surface area contributed by atoms with Gasteiger partial charge in [0.15, 0.2) is 11.5 Å². The topological polar surface area (TPSA) is 30.5 Å². The molecule has 0 aromatic heterocycles. The molecule has 0 spiro atoms. The summed E-state index contributed by atoms with van der Waals surface area (Å²) < 4.78 is 46.6. The molecule has 0 aliphatic rings. The van der Waals surface area contributed by atoms with Gasteiger partial charge in [0, 0.05) is 11.8 Å². The van der Waals surface area contributed by atoms with E-state index in [1.807, 2.05) is 26.0 Å². The molecule has 1 aromatic carbocycles. The molecule has 7 heteroatoms. The number of benzene rings is 1. The summed E-state index contributed by atoms with van der Waals surface area (Å²) in [5.74, 6) is 0.823. The van der Waals surface area contributed by atoms with Gasteiger partial charge in [0.05, 0.1) is 13.7 Å². The summed E-state index contributed by atoms with van der Waals surface area (Å²) in [5.41, 5.74) is -3.19. The number of nitrogens with one attached hydrogen (secondary N) is 1. The van der Waals surface area contributed by atoms with Crippen LogP contribution < -0.4 is 14.8 Å².